The molecule has 11 heavy (non-hydrogen) atoms. The smallest absolute Gasteiger partial charge is 0.267 e. The highest BCUT2D eigenvalue weighted by Crippen LogP contribution is 2.49. The molecular formula is C8H17F2N. The number of hydrogen-bond acceptors (Lipinski definition) is 1. The summed E-state index contributed by atoms with van der Waals surface area (Å²) >= 11 is 0. The highest BCUT2D eigenvalue weighted by atomic mass is 19.3. The Hall–Kier alpha value is -0.180. The molecule has 0 aromatic heterocycles. The molecule has 1 rings (SSSR count). The van der Waals surface area contributed by atoms with Gasteiger partial charge in [0.25, 0.3) is 5.92 Å². The number of halogens is 2. The maximum Gasteiger partial charge on any atom is 0.267 e. The minimum absolute atomic E-state index is 0.153. The number of rotatable bonds is 0. The molecule has 0 heterocycles. The summed E-state index contributed by atoms with van der Waals surface area (Å²) in [6, 6.07) is 0. The van der Waals surface area contributed by atoms with Crippen LogP contribution < -0.4 is 5.73 Å². The highest BCUT2D eigenvalue weighted by Gasteiger charge is 2.65. The lowest BCUT2D eigenvalue weighted by Gasteiger charge is -1.96. The molecule has 0 aromatic carbocycles. The van der Waals surface area contributed by atoms with Crippen LogP contribution in [0.25, 0.3) is 0 Å². The van der Waals surface area contributed by atoms with E-state index in [1.165, 1.54) is 6.92 Å². The lowest BCUT2D eigenvalue weighted by molar-refractivity contribution is 0.0937. The second-order valence-electron chi connectivity index (χ2n) is 4.03. The molecule has 68 valence electrons. The molecule has 3 heteroatoms. The third-order valence-corrected chi connectivity index (χ3v) is 1.30. The van der Waals surface area contributed by atoms with Crippen LogP contribution in [0.5, 0.6) is 0 Å². The second-order valence-corrected chi connectivity index (χ2v) is 4.03. The van der Waals surface area contributed by atoms with E-state index < -0.39 is 11.5 Å². The van der Waals surface area contributed by atoms with Gasteiger partial charge >= 0.3 is 0 Å². The molecule has 1 unspecified atom stereocenters. The van der Waals surface area contributed by atoms with Gasteiger partial charge < -0.3 is 5.73 Å². The molecule has 0 aliphatic heterocycles. The third-order valence-electron chi connectivity index (χ3n) is 1.30. The summed E-state index contributed by atoms with van der Waals surface area (Å²) in [7, 11) is 0. The van der Waals surface area contributed by atoms with Gasteiger partial charge in [0.15, 0.2) is 0 Å². The van der Waals surface area contributed by atoms with Gasteiger partial charge in [-0.15, -0.1) is 0 Å². The van der Waals surface area contributed by atoms with E-state index in [2.05, 4.69) is 20.8 Å². The lowest BCUT2D eigenvalue weighted by atomic mass is 10.3. The van der Waals surface area contributed by atoms with Crippen LogP contribution in [0.15, 0.2) is 0 Å². The molecule has 0 saturated heterocycles. The van der Waals surface area contributed by atoms with E-state index in [1.807, 2.05) is 0 Å². The van der Waals surface area contributed by atoms with Crippen molar-refractivity contribution in [3.63, 3.8) is 0 Å². The van der Waals surface area contributed by atoms with Crippen LogP contribution in [-0.4, -0.2) is 11.5 Å². The second kappa shape index (κ2) is 3.05. The van der Waals surface area contributed by atoms with Gasteiger partial charge in [0.2, 0.25) is 0 Å². The Balaban J connectivity index is 0.000000218. The molecule has 1 saturated carbocycles. The van der Waals surface area contributed by atoms with Crippen LogP contribution in [-0.2, 0) is 0 Å². The molecule has 1 aliphatic rings. The normalized spacial score (nSPS) is 32.7. The molecule has 2 N–H and O–H groups in total. The van der Waals surface area contributed by atoms with Crippen molar-refractivity contribution in [2.24, 2.45) is 11.7 Å². The topological polar surface area (TPSA) is 26.0 Å². The zero-order valence-electron chi connectivity index (χ0n) is 7.62. The fourth-order valence-electron chi connectivity index (χ4n) is 0.417. The Labute approximate surface area is 67.0 Å². The van der Waals surface area contributed by atoms with Gasteiger partial charge in [0.1, 0.15) is 0 Å². The van der Waals surface area contributed by atoms with Gasteiger partial charge in [-0.2, -0.15) is 0 Å². The molecule has 1 aliphatic carbocycles. The Morgan fingerprint density at radius 3 is 1.36 bits per heavy atom. The molecule has 0 radical (unpaired) electrons. The van der Waals surface area contributed by atoms with Crippen molar-refractivity contribution < 1.29 is 8.78 Å². The van der Waals surface area contributed by atoms with Gasteiger partial charge in [0, 0.05) is 6.42 Å². The molecule has 1 fully saturated rings. The van der Waals surface area contributed by atoms with E-state index in [-0.39, 0.29) is 6.42 Å². The van der Waals surface area contributed by atoms with Crippen LogP contribution in [0.2, 0.25) is 0 Å². The summed E-state index contributed by atoms with van der Waals surface area (Å²) in [6.07, 6.45) is -0.153. The number of nitrogens with two attached hydrogens (primary N) is 1. The fraction of sp³-hybridized carbons (Fsp3) is 1.00. The van der Waals surface area contributed by atoms with Crippen LogP contribution in [0.4, 0.5) is 8.78 Å². The van der Waals surface area contributed by atoms with E-state index >= 15 is 0 Å². The molecule has 0 bridgehead atoms. The van der Waals surface area contributed by atoms with Crippen molar-refractivity contribution in [3.05, 3.63) is 0 Å². The predicted octanol–water partition coefficient (Wildman–Crippen LogP) is 2.41. The van der Waals surface area contributed by atoms with E-state index in [4.69, 9.17) is 5.73 Å². The van der Waals surface area contributed by atoms with E-state index in [0.29, 0.717) is 0 Å². The van der Waals surface area contributed by atoms with E-state index in [9.17, 15) is 8.78 Å². The molecule has 1 nitrogen and oxygen atoms in total. The van der Waals surface area contributed by atoms with Gasteiger partial charge in [-0.25, -0.2) is 8.78 Å². The van der Waals surface area contributed by atoms with Crippen LogP contribution in [0, 0.1) is 5.92 Å². The van der Waals surface area contributed by atoms with Crippen LogP contribution in [0.1, 0.15) is 34.1 Å². The van der Waals surface area contributed by atoms with Crippen molar-refractivity contribution in [1.82, 2.24) is 0 Å². The first-order chi connectivity index (χ1) is 4.69. The molecular weight excluding hydrogens is 148 g/mol. The molecule has 1 atom stereocenters. The summed E-state index contributed by atoms with van der Waals surface area (Å²) in [6.45, 7) is 7.85. The van der Waals surface area contributed by atoms with Gasteiger partial charge in [-0.3, -0.25) is 0 Å². The Bertz CT molecular complexity index is 115. The maximum absolute atomic E-state index is 11.8. The number of alkyl halides is 2. The van der Waals surface area contributed by atoms with Gasteiger partial charge in [-0.1, -0.05) is 20.8 Å². The lowest BCUT2D eigenvalue weighted by Crippen LogP contribution is -2.24. The van der Waals surface area contributed by atoms with Crippen molar-refractivity contribution >= 4 is 0 Å². The Kier molecular flexibility index (Phi) is 3.00. The monoisotopic (exact) mass is 165 g/mol. The Morgan fingerprint density at radius 1 is 1.27 bits per heavy atom. The zero-order chi connectivity index (χ0) is 9.28. The SMILES string of the molecule is CC(C)C.CC1(N)CC1(F)F. The van der Waals surface area contributed by atoms with Crippen molar-refractivity contribution in [2.75, 3.05) is 0 Å². The summed E-state index contributed by atoms with van der Waals surface area (Å²) < 4.78 is 23.6. The summed E-state index contributed by atoms with van der Waals surface area (Å²) in [5.41, 5.74) is 3.81. The number of hydrogen-bond donors (Lipinski definition) is 1. The molecule has 0 amide bonds. The molecule has 0 spiro atoms. The van der Waals surface area contributed by atoms with Crippen LogP contribution in [0.3, 0.4) is 0 Å². The van der Waals surface area contributed by atoms with E-state index in [1.54, 1.807) is 0 Å². The van der Waals surface area contributed by atoms with Crippen LogP contribution >= 0.6 is 0 Å². The first-order valence-electron chi connectivity index (χ1n) is 3.86. The fourth-order valence-corrected chi connectivity index (χ4v) is 0.417. The largest absolute Gasteiger partial charge is 0.320 e. The standard InChI is InChI=1S/C4H7F2N.C4H10/c1-3(7)2-4(3,5)6;1-4(2)3/h2,7H2,1H3;4H,1-3H3. The zero-order valence-corrected chi connectivity index (χ0v) is 7.62. The minimum atomic E-state index is -2.58. The van der Waals surface area contributed by atoms with Gasteiger partial charge in [0.05, 0.1) is 5.54 Å². The molecule has 0 aromatic rings. The van der Waals surface area contributed by atoms with E-state index in [0.717, 1.165) is 5.92 Å². The van der Waals surface area contributed by atoms with Crippen molar-refractivity contribution in [1.29, 1.82) is 0 Å². The summed E-state index contributed by atoms with van der Waals surface area (Å²) in [5.74, 6) is -1.74. The van der Waals surface area contributed by atoms with Gasteiger partial charge in [-0.05, 0) is 12.8 Å². The quantitative estimate of drug-likeness (QED) is 0.586. The third kappa shape index (κ3) is 3.65. The summed E-state index contributed by atoms with van der Waals surface area (Å²) in [4.78, 5) is 0. The maximum atomic E-state index is 11.8. The first-order valence-corrected chi connectivity index (χ1v) is 3.86. The first kappa shape index (κ1) is 10.8. The van der Waals surface area contributed by atoms with Crippen molar-refractivity contribution in [2.45, 2.75) is 45.6 Å². The predicted molar refractivity (Wildman–Crippen MR) is 42.7 cm³/mol. The Morgan fingerprint density at radius 2 is 1.36 bits per heavy atom. The minimum Gasteiger partial charge on any atom is -0.320 e. The average molecular weight is 165 g/mol. The average Bonchev–Trinajstić information content (AvgIpc) is 1.98. The highest BCUT2D eigenvalue weighted by molar-refractivity contribution is 5.12. The van der Waals surface area contributed by atoms with Crippen molar-refractivity contribution in [3.8, 4) is 0 Å². The summed E-state index contributed by atoms with van der Waals surface area (Å²) in [5, 5.41) is 0.